The Hall–Kier alpha value is -1.91. The highest BCUT2D eigenvalue weighted by atomic mass is 16.5. The van der Waals surface area contributed by atoms with Crippen molar-refractivity contribution in [3.05, 3.63) is 18.2 Å². The van der Waals surface area contributed by atoms with E-state index in [9.17, 15) is 4.79 Å². The van der Waals surface area contributed by atoms with Crippen molar-refractivity contribution < 1.29 is 14.3 Å². The number of rotatable bonds is 7. The Bertz CT molecular complexity index is 408. The molecule has 1 rings (SSSR count). The average molecular weight is 266 g/mol. The number of ether oxygens (including phenoxy) is 2. The molecule has 1 aromatic rings. The van der Waals surface area contributed by atoms with Gasteiger partial charge in [0.25, 0.3) is 0 Å². The summed E-state index contributed by atoms with van der Waals surface area (Å²) >= 11 is 0. The van der Waals surface area contributed by atoms with Crippen LogP contribution in [0.25, 0.3) is 0 Å². The third-order valence-corrected chi connectivity index (χ3v) is 2.72. The molecule has 0 spiro atoms. The molecule has 0 heterocycles. The van der Waals surface area contributed by atoms with E-state index in [0.717, 1.165) is 19.3 Å². The molecular formula is C14H22N2O3. The van der Waals surface area contributed by atoms with Gasteiger partial charge in [0.2, 0.25) is 0 Å². The Morgan fingerprint density at radius 3 is 2.63 bits per heavy atom. The number of hydrogen-bond acceptors (Lipinski definition) is 3. The Labute approximate surface area is 114 Å². The Morgan fingerprint density at radius 1 is 1.21 bits per heavy atom. The van der Waals surface area contributed by atoms with Crippen molar-refractivity contribution in [3.63, 3.8) is 0 Å². The second-order valence-electron chi connectivity index (χ2n) is 4.15. The van der Waals surface area contributed by atoms with Crippen LogP contribution in [-0.4, -0.2) is 26.8 Å². The summed E-state index contributed by atoms with van der Waals surface area (Å²) in [6, 6.07) is 5.03. The van der Waals surface area contributed by atoms with Gasteiger partial charge >= 0.3 is 6.03 Å². The number of benzene rings is 1. The SMILES string of the molecule is CCCCCNC(=O)Nc1ccc(OC)cc1OC. The highest BCUT2D eigenvalue weighted by Crippen LogP contribution is 2.28. The number of methoxy groups -OCH3 is 2. The van der Waals surface area contributed by atoms with E-state index < -0.39 is 0 Å². The smallest absolute Gasteiger partial charge is 0.319 e. The Balaban J connectivity index is 2.53. The summed E-state index contributed by atoms with van der Waals surface area (Å²) in [6.07, 6.45) is 3.24. The van der Waals surface area contributed by atoms with Crippen LogP contribution >= 0.6 is 0 Å². The molecule has 2 amide bonds. The van der Waals surface area contributed by atoms with Gasteiger partial charge in [-0.3, -0.25) is 0 Å². The lowest BCUT2D eigenvalue weighted by Gasteiger charge is -2.12. The summed E-state index contributed by atoms with van der Waals surface area (Å²) in [5.41, 5.74) is 0.622. The predicted octanol–water partition coefficient (Wildman–Crippen LogP) is 3.02. The molecule has 5 nitrogen and oxygen atoms in total. The summed E-state index contributed by atoms with van der Waals surface area (Å²) in [7, 11) is 3.14. The van der Waals surface area contributed by atoms with Gasteiger partial charge in [0.15, 0.2) is 0 Å². The lowest BCUT2D eigenvalue weighted by Crippen LogP contribution is -2.29. The first-order valence-corrected chi connectivity index (χ1v) is 6.48. The van der Waals surface area contributed by atoms with Crippen LogP contribution in [0.2, 0.25) is 0 Å². The lowest BCUT2D eigenvalue weighted by atomic mass is 10.2. The van der Waals surface area contributed by atoms with E-state index >= 15 is 0 Å². The Morgan fingerprint density at radius 2 is 2.00 bits per heavy atom. The van der Waals surface area contributed by atoms with Crippen molar-refractivity contribution >= 4 is 11.7 Å². The summed E-state index contributed by atoms with van der Waals surface area (Å²) in [4.78, 5) is 11.7. The Kier molecular flexibility index (Phi) is 6.57. The normalized spacial score (nSPS) is 9.84. The molecule has 106 valence electrons. The monoisotopic (exact) mass is 266 g/mol. The van der Waals surface area contributed by atoms with E-state index in [4.69, 9.17) is 9.47 Å². The summed E-state index contributed by atoms with van der Waals surface area (Å²) in [5, 5.41) is 5.57. The average Bonchev–Trinajstić information content (AvgIpc) is 2.44. The number of carbonyl (C=O) groups excluding carboxylic acids is 1. The van der Waals surface area contributed by atoms with Crippen LogP contribution in [0.5, 0.6) is 11.5 Å². The zero-order chi connectivity index (χ0) is 14.1. The zero-order valence-electron chi connectivity index (χ0n) is 11.8. The van der Waals surface area contributed by atoms with E-state index in [0.29, 0.717) is 23.7 Å². The number of hydrogen-bond donors (Lipinski definition) is 2. The molecule has 0 bridgehead atoms. The molecule has 0 radical (unpaired) electrons. The van der Waals surface area contributed by atoms with Crippen LogP contribution in [0, 0.1) is 0 Å². The first-order valence-electron chi connectivity index (χ1n) is 6.48. The van der Waals surface area contributed by atoms with Gasteiger partial charge in [-0.2, -0.15) is 0 Å². The maximum Gasteiger partial charge on any atom is 0.319 e. The molecule has 0 saturated heterocycles. The molecule has 0 aliphatic heterocycles. The van der Waals surface area contributed by atoms with Crippen LogP contribution in [0.1, 0.15) is 26.2 Å². The minimum atomic E-state index is -0.223. The molecule has 2 N–H and O–H groups in total. The fourth-order valence-corrected chi connectivity index (χ4v) is 1.65. The molecule has 0 aliphatic carbocycles. The molecule has 19 heavy (non-hydrogen) atoms. The first kappa shape index (κ1) is 15.1. The highest BCUT2D eigenvalue weighted by Gasteiger charge is 2.08. The fraction of sp³-hybridized carbons (Fsp3) is 0.500. The quantitative estimate of drug-likeness (QED) is 0.746. The van der Waals surface area contributed by atoms with Crippen LogP contribution in [0.15, 0.2) is 18.2 Å². The van der Waals surface area contributed by atoms with Gasteiger partial charge in [0.1, 0.15) is 11.5 Å². The van der Waals surface area contributed by atoms with Crippen LogP contribution in [0.4, 0.5) is 10.5 Å². The van der Waals surface area contributed by atoms with Crippen molar-refractivity contribution in [3.8, 4) is 11.5 Å². The summed E-state index contributed by atoms with van der Waals surface area (Å²) in [6.45, 7) is 2.81. The van der Waals surface area contributed by atoms with E-state index in [-0.39, 0.29) is 6.03 Å². The van der Waals surface area contributed by atoms with E-state index in [1.54, 1.807) is 32.4 Å². The van der Waals surface area contributed by atoms with E-state index in [1.165, 1.54) is 0 Å². The highest BCUT2D eigenvalue weighted by molar-refractivity contribution is 5.91. The number of carbonyl (C=O) groups is 1. The molecule has 0 unspecified atom stereocenters. The van der Waals surface area contributed by atoms with Gasteiger partial charge in [0, 0.05) is 12.6 Å². The van der Waals surface area contributed by atoms with Gasteiger partial charge in [-0.15, -0.1) is 0 Å². The van der Waals surface area contributed by atoms with Gasteiger partial charge in [-0.1, -0.05) is 19.8 Å². The molecule has 0 aliphatic rings. The predicted molar refractivity (Wildman–Crippen MR) is 76.1 cm³/mol. The van der Waals surface area contributed by atoms with Crippen molar-refractivity contribution in [1.82, 2.24) is 5.32 Å². The number of unbranched alkanes of at least 4 members (excludes halogenated alkanes) is 2. The minimum absolute atomic E-state index is 0.223. The molecule has 1 aromatic carbocycles. The third-order valence-electron chi connectivity index (χ3n) is 2.72. The number of urea groups is 1. The van der Waals surface area contributed by atoms with Gasteiger partial charge in [0.05, 0.1) is 19.9 Å². The molecule has 0 fully saturated rings. The topological polar surface area (TPSA) is 59.6 Å². The summed E-state index contributed by atoms with van der Waals surface area (Å²) in [5.74, 6) is 1.26. The fourth-order valence-electron chi connectivity index (χ4n) is 1.65. The molecule has 0 saturated carbocycles. The molecule has 5 heteroatoms. The first-order chi connectivity index (χ1) is 9.21. The van der Waals surface area contributed by atoms with Crippen LogP contribution in [0.3, 0.4) is 0 Å². The van der Waals surface area contributed by atoms with E-state index in [2.05, 4.69) is 17.6 Å². The molecule has 0 aromatic heterocycles. The van der Waals surface area contributed by atoms with Crippen molar-refractivity contribution in [2.45, 2.75) is 26.2 Å². The van der Waals surface area contributed by atoms with Gasteiger partial charge in [-0.05, 0) is 18.6 Å². The molecule has 0 atom stereocenters. The van der Waals surface area contributed by atoms with Gasteiger partial charge in [-0.25, -0.2) is 4.79 Å². The van der Waals surface area contributed by atoms with Crippen molar-refractivity contribution in [2.24, 2.45) is 0 Å². The van der Waals surface area contributed by atoms with Crippen molar-refractivity contribution in [1.29, 1.82) is 0 Å². The van der Waals surface area contributed by atoms with Gasteiger partial charge < -0.3 is 20.1 Å². The zero-order valence-corrected chi connectivity index (χ0v) is 11.8. The number of nitrogens with one attached hydrogen (secondary N) is 2. The number of anilines is 1. The minimum Gasteiger partial charge on any atom is -0.497 e. The number of amides is 2. The third kappa shape index (κ3) is 5.07. The van der Waals surface area contributed by atoms with Crippen LogP contribution in [-0.2, 0) is 0 Å². The second-order valence-corrected chi connectivity index (χ2v) is 4.15. The molecular weight excluding hydrogens is 244 g/mol. The summed E-state index contributed by atoms with van der Waals surface area (Å²) < 4.78 is 10.3. The maximum absolute atomic E-state index is 11.7. The standard InChI is InChI=1S/C14H22N2O3/c1-4-5-6-9-15-14(17)16-12-8-7-11(18-2)10-13(12)19-3/h7-8,10H,4-6,9H2,1-3H3,(H2,15,16,17). The van der Waals surface area contributed by atoms with Crippen molar-refractivity contribution in [2.75, 3.05) is 26.1 Å². The second kappa shape index (κ2) is 8.24. The maximum atomic E-state index is 11.7. The van der Waals surface area contributed by atoms with Crippen LogP contribution < -0.4 is 20.1 Å². The lowest BCUT2D eigenvalue weighted by molar-refractivity contribution is 0.251. The van der Waals surface area contributed by atoms with E-state index in [1.807, 2.05) is 0 Å². The largest absolute Gasteiger partial charge is 0.497 e.